The van der Waals surface area contributed by atoms with Crippen LogP contribution in [0.4, 0.5) is 0 Å². The summed E-state index contributed by atoms with van der Waals surface area (Å²) in [6.07, 6.45) is 3.26. The Morgan fingerprint density at radius 1 is 1.33 bits per heavy atom. The van der Waals surface area contributed by atoms with E-state index in [1.54, 1.807) is 27.2 Å². The number of aromatic amines is 1. The minimum Gasteiger partial charge on any atom is -0.323 e. The number of halogens is 1. The first-order valence-corrected chi connectivity index (χ1v) is 9.48. The van der Waals surface area contributed by atoms with Crippen molar-refractivity contribution in [1.82, 2.24) is 9.55 Å². The molecule has 0 saturated heterocycles. The molecule has 7 heteroatoms. The maximum absolute atomic E-state index is 12.9. The first kappa shape index (κ1) is 13.9. The molecule has 0 spiro atoms. The van der Waals surface area contributed by atoms with Gasteiger partial charge in [-0.1, -0.05) is 0 Å². The molecule has 0 radical (unpaired) electrons. The quantitative estimate of drug-likeness (QED) is 0.646. The van der Waals surface area contributed by atoms with E-state index in [0.29, 0.717) is 11.3 Å². The molecule has 3 aromatic rings. The first-order chi connectivity index (χ1) is 10.1. The van der Waals surface area contributed by atoms with Gasteiger partial charge in [-0.15, -0.1) is 22.7 Å². The highest BCUT2D eigenvalue weighted by atomic mass is 79.9. The molecule has 3 aromatic heterocycles. The van der Waals surface area contributed by atoms with E-state index in [2.05, 4.69) is 20.9 Å². The van der Waals surface area contributed by atoms with Gasteiger partial charge in [0.25, 0.3) is 5.56 Å². The van der Waals surface area contributed by atoms with E-state index in [-0.39, 0.29) is 5.56 Å². The molecule has 3 heterocycles. The van der Waals surface area contributed by atoms with Gasteiger partial charge in [0.1, 0.15) is 4.83 Å². The van der Waals surface area contributed by atoms with Crippen LogP contribution in [0.3, 0.4) is 0 Å². The monoisotopic (exact) mass is 398 g/mol. The van der Waals surface area contributed by atoms with Crippen LogP contribution >= 0.6 is 50.8 Å². The number of fused-ring (bicyclic) bond motifs is 3. The van der Waals surface area contributed by atoms with Gasteiger partial charge in [0, 0.05) is 9.75 Å². The number of thiophene rings is 2. The lowest BCUT2D eigenvalue weighted by atomic mass is 10.2. The molecule has 0 amide bonds. The zero-order valence-electron chi connectivity index (χ0n) is 10.9. The summed E-state index contributed by atoms with van der Waals surface area (Å²) in [5.41, 5.74) is 1.30. The Kier molecular flexibility index (Phi) is 3.40. The molecule has 0 aromatic carbocycles. The van der Waals surface area contributed by atoms with Crippen LogP contribution in [0.5, 0.6) is 0 Å². The number of nitrogens with zero attached hydrogens (tertiary/aromatic N) is 1. The van der Waals surface area contributed by atoms with E-state index in [9.17, 15) is 4.79 Å². The summed E-state index contributed by atoms with van der Waals surface area (Å²) >= 11 is 12.2. The lowest BCUT2D eigenvalue weighted by molar-refractivity contribution is 0.744. The van der Waals surface area contributed by atoms with Gasteiger partial charge in [0.2, 0.25) is 0 Å². The molecule has 21 heavy (non-hydrogen) atoms. The average molecular weight is 399 g/mol. The van der Waals surface area contributed by atoms with Crippen LogP contribution < -0.4 is 5.56 Å². The van der Waals surface area contributed by atoms with Gasteiger partial charge in [0.05, 0.1) is 15.7 Å². The molecule has 0 saturated carbocycles. The Labute approximate surface area is 142 Å². The van der Waals surface area contributed by atoms with E-state index in [1.165, 1.54) is 10.4 Å². The van der Waals surface area contributed by atoms with Crippen molar-refractivity contribution >= 4 is 61.0 Å². The Morgan fingerprint density at radius 2 is 2.19 bits per heavy atom. The molecule has 0 unspecified atom stereocenters. The van der Waals surface area contributed by atoms with Crippen LogP contribution in [0.15, 0.2) is 20.7 Å². The van der Waals surface area contributed by atoms with Crippen molar-refractivity contribution in [2.45, 2.75) is 25.8 Å². The SMILES string of the molecule is O=c1c2c3c(sc2[nH]c(=S)n1Cc1ccc(Br)s1)CCC3. The fraction of sp³-hybridized carbons (Fsp3) is 0.286. The van der Waals surface area contributed by atoms with Gasteiger partial charge in [-0.3, -0.25) is 9.36 Å². The summed E-state index contributed by atoms with van der Waals surface area (Å²) in [4.78, 5) is 19.5. The number of hydrogen-bond donors (Lipinski definition) is 1. The lowest BCUT2D eigenvalue weighted by Gasteiger charge is -2.05. The van der Waals surface area contributed by atoms with Crippen LogP contribution in [0.2, 0.25) is 0 Å². The summed E-state index contributed by atoms with van der Waals surface area (Å²) in [5, 5.41) is 0.858. The molecule has 3 nitrogen and oxygen atoms in total. The highest BCUT2D eigenvalue weighted by molar-refractivity contribution is 9.11. The molecule has 1 aliphatic carbocycles. The fourth-order valence-corrected chi connectivity index (χ4v) is 5.91. The molecule has 108 valence electrons. The summed E-state index contributed by atoms with van der Waals surface area (Å²) in [6.45, 7) is 0.533. The Hall–Kier alpha value is -0.760. The average Bonchev–Trinajstić information content (AvgIpc) is 3.10. The normalized spacial score (nSPS) is 14.0. The van der Waals surface area contributed by atoms with Gasteiger partial charge in [-0.2, -0.15) is 0 Å². The van der Waals surface area contributed by atoms with Crippen LogP contribution in [-0.2, 0) is 19.4 Å². The third-order valence-corrected chi connectivity index (χ3v) is 6.93. The predicted octanol–water partition coefficient (Wildman–Crippen LogP) is 4.48. The standard InChI is InChI=1S/C14H11BrN2OS3/c15-10-5-4-7(20-10)6-17-13(18)11-8-2-1-3-9(8)21-12(11)16-14(17)19/h4-5H,1-3,6H2,(H,16,19). The number of nitrogens with one attached hydrogen (secondary N) is 1. The molecule has 0 bridgehead atoms. The highest BCUT2D eigenvalue weighted by Crippen LogP contribution is 2.34. The minimum atomic E-state index is 0.0534. The van der Waals surface area contributed by atoms with Gasteiger partial charge in [-0.05, 0) is 65.1 Å². The van der Waals surface area contributed by atoms with Gasteiger partial charge >= 0.3 is 0 Å². The second-order valence-corrected chi connectivity index (χ2v) is 9.13. The number of aromatic nitrogens is 2. The molecule has 1 N–H and O–H groups in total. The van der Waals surface area contributed by atoms with Crippen molar-refractivity contribution in [1.29, 1.82) is 0 Å². The molecule has 4 rings (SSSR count). The molecular formula is C14H11BrN2OS3. The van der Waals surface area contributed by atoms with Crippen molar-refractivity contribution in [2.24, 2.45) is 0 Å². The van der Waals surface area contributed by atoms with Gasteiger partial charge in [-0.25, -0.2) is 0 Å². The van der Waals surface area contributed by atoms with Crippen molar-refractivity contribution in [3.05, 3.63) is 46.4 Å². The molecule has 1 aliphatic rings. The van der Waals surface area contributed by atoms with Crippen molar-refractivity contribution in [3.63, 3.8) is 0 Å². The maximum atomic E-state index is 12.9. The predicted molar refractivity (Wildman–Crippen MR) is 94.4 cm³/mol. The topological polar surface area (TPSA) is 37.8 Å². The molecule has 0 atom stereocenters. The van der Waals surface area contributed by atoms with E-state index >= 15 is 0 Å². The number of H-pyrrole nitrogens is 1. The van der Waals surface area contributed by atoms with E-state index in [0.717, 1.165) is 38.1 Å². The van der Waals surface area contributed by atoms with Gasteiger partial charge in [0.15, 0.2) is 4.77 Å². The van der Waals surface area contributed by atoms with E-state index in [1.807, 2.05) is 12.1 Å². The summed E-state index contributed by atoms with van der Waals surface area (Å²) in [6, 6.07) is 4.02. The minimum absolute atomic E-state index is 0.0534. The van der Waals surface area contributed by atoms with Gasteiger partial charge < -0.3 is 4.98 Å². The summed E-state index contributed by atoms with van der Waals surface area (Å²) in [7, 11) is 0. The maximum Gasteiger partial charge on any atom is 0.263 e. The number of aryl methyl sites for hydroxylation is 2. The lowest BCUT2D eigenvalue weighted by Crippen LogP contribution is -2.22. The summed E-state index contributed by atoms with van der Waals surface area (Å²) in [5.74, 6) is 0. The Morgan fingerprint density at radius 3 is 2.95 bits per heavy atom. The first-order valence-electron chi connectivity index (χ1n) is 6.65. The number of rotatable bonds is 2. The molecule has 0 fully saturated rings. The van der Waals surface area contributed by atoms with Crippen molar-refractivity contribution in [3.8, 4) is 0 Å². The Bertz CT molecular complexity index is 963. The van der Waals surface area contributed by atoms with Crippen LogP contribution in [0.1, 0.15) is 21.7 Å². The second kappa shape index (κ2) is 5.15. The van der Waals surface area contributed by atoms with E-state index in [4.69, 9.17) is 12.2 Å². The van der Waals surface area contributed by atoms with Crippen LogP contribution in [-0.4, -0.2) is 9.55 Å². The second-order valence-electron chi connectivity index (χ2n) is 5.09. The Balaban J connectivity index is 1.93. The summed E-state index contributed by atoms with van der Waals surface area (Å²) < 4.78 is 3.26. The van der Waals surface area contributed by atoms with E-state index < -0.39 is 0 Å². The zero-order chi connectivity index (χ0) is 14.6. The third-order valence-electron chi connectivity index (χ3n) is 3.79. The smallest absolute Gasteiger partial charge is 0.263 e. The van der Waals surface area contributed by atoms with Crippen molar-refractivity contribution in [2.75, 3.05) is 0 Å². The largest absolute Gasteiger partial charge is 0.323 e. The van der Waals surface area contributed by atoms with Crippen LogP contribution in [0, 0.1) is 4.77 Å². The number of hydrogen-bond acceptors (Lipinski definition) is 4. The third kappa shape index (κ3) is 2.27. The van der Waals surface area contributed by atoms with Crippen LogP contribution in [0.25, 0.3) is 10.2 Å². The highest BCUT2D eigenvalue weighted by Gasteiger charge is 2.21. The molecular weight excluding hydrogens is 388 g/mol. The fourth-order valence-electron chi connectivity index (χ4n) is 2.85. The molecule has 0 aliphatic heterocycles. The zero-order valence-corrected chi connectivity index (χ0v) is 15.0. The van der Waals surface area contributed by atoms with Crippen molar-refractivity contribution < 1.29 is 0 Å².